The Kier molecular flexibility index (Phi) is 4.58. The van der Waals surface area contributed by atoms with Gasteiger partial charge in [0, 0.05) is 17.5 Å². The molecule has 0 aromatic carbocycles. The summed E-state index contributed by atoms with van der Waals surface area (Å²) in [5, 5.41) is 2.02. The van der Waals surface area contributed by atoms with Gasteiger partial charge < -0.3 is 9.32 Å². The molecule has 2 heterocycles. The van der Waals surface area contributed by atoms with Crippen LogP contribution in [0.4, 0.5) is 0 Å². The van der Waals surface area contributed by atoms with Gasteiger partial charge in [0.2, 0.25) is 5.91 Å². The molecule has 0 fully saturated rings. The molecular formula is C15H17NO2S. The maximum absolute atomic E-state index is 12.1. The first kappa shape index (κ1) is 13.6. The zero-order chi connectivity index (χ0) is 13.7. The van der Waals surface area contributed by atoms with Gasteiger partial charge >= 0.3 is 0 Å². The van der Waals surface area contributed by atoms with E-state index in [9.17, 15) is 4.79 Å². The van der Waals surface area contributed by atoms with Crippen LogP contribution in [-0.4, -0.2) is 17.4 Å². The van der Waals surface area contributed by atoms with Crippen LogP contribution in [0.25, 0.3) is 6.08 Å². The van der Waals surface area contributed by atoms with Crippen molar-refractivity contribution < 1.29 is 9.21 Å². The third-order valence-corrected chi connectivity index (χ3v) is 3.63. The molecule has 100 valence electrons. The van der Waals surface area contributed by atoms with Gasteiger partial charge in [0.05, 0.1) is 6.54 Å². The van der Waals surface area contributed by atoms with Gasteiger partial charge in [-0.2, -0.15) is 0 Å². The largest absolute Gasteiger partial charge is 0.462 e. The molecule has 0 aliphatic rings. The first-order chi connectivity index (χ1) is 9.19. The molecule has 0 aliphatic heterocycles. The molecule has 0 spiro atoms. The first-order valence-corrected chi connectivity index (χ1v) is 7.13. The number of likely N-dealkylation sites (N-methyl/N-ethyl adjacent to an activating group) is 1. The summed E-state index contributed by atoms with van der Waals surface area (Å²) in [6.45, 7) is 5.22. The topological polar surface area (TPSA) is 33.5 Å². The quantitative estimate of drug-likeness (QED) is 0.779. The van der Waals surface area contributed by atoms with E-state index in [0.29, 0.717) is 18.8 Å². The van der Waals surface area contributed by atoms with Gasteiger partial charge in [-0.3, -0.25) is 4.79 Å². The van der Waals surface area contributed by atoms with Crippen molar-refractivity contribution in [2.45, 2.75) is 20.4 Å². The fraction of sp³-hybridized carbons (Fsp3) is 0.267. The number of hydrogen-bond donors (Lipinski definition) is 0. The monoisotopic (exact) mass is 275 g/mol. The number of carbonyl (C=O) groups excluding carboxylic acids is 1. The van der Waals surface area contributed by atoms with Crippen molar-refractivity contribution >= 4 is 23.3 Å². The molecule has 0 atom stereocenters. The molecule has 4 heteroatoms. The lowest BCUT2D eigenvalue weighted by Gasteiger charge is -2.17. The van der Waals surface area contributed by atoms with E-state index in [-0.39, 0.29) is 5.91 Å². The zero-order valence-corrected chi connectivity index (χ0v) is 11.9. The Labute approximate surface area is 117 Å². The number of amides is 1. The molecule has 0 saturated heterocycles. The van der Waals surface area contributed by atoms with Gasteiger partial charge in [-0.1, -0.05) is 6.07 Å². The van der Waals surface area contributed by atoms with Crippen LogP contribution in [0.15, 0.2) is 40.1 Å². The van der Waals surface area contributed by atoms with E-state index >= 15 is 0 Å². The molecule has 0 bridgehead atoms. The summed E-state index contributed by atoms with van der Waals surface area (Å²) in [6, 6.07) is 7.78. The van der Waals surface area contributed by atoms with Gasteiger partial charge in [-0.25, -0.2) is 0 Å². The van der Waals surface area contributed by atoms with Crippen molar-refractivity contribution in [1.82, 2.24) is 4.90 Å². The first-order valence-electron chi connectivity index (χ1n) is 6.25. The maximum Gasteiger partial charge on any atom is 0.247 e. The predicted octanol–water partition coefficient (Wildman–Crippen LogP) is 3.71. The van der Waals surface area contributed by atoms with Gasteiger partial charge in [-0.15, -0.1) is 11.3 Å². The zero-order valence-electron chi connectivity index (χ0n) is 11.1. The highest BCUT2D eigenvalue weighted by Crippen LogP contribution is 2.13. The van der Waals surface area contributed by atoms with E-state index in [4.69, 9.17) is 4.42 Å². The molecule has 0 saturated carbocycles. The summed E-state index contributed by atoms with van der Waals surface area (Å²) in [7, 11) is 0. The summed E-state index contributed by atoms with van der Waals surface area (Å²) in [5.74, 6) is 1.56. The fourth-order valence-electron chi connectivity index (χ4n) is 1.74. The second kappa shape index (κ2) is 6.38. The molecule has 2 rings (SSSR count). The van der Waals surface area contributed by atoms with Gasteiger partial charge in [0.1, 0.15) is 11.5 Å². The number of hydrogen-bond acceptors (Lipinski definition) is 3. The Hall–Kier alpha value is -1.81. The smallest absolute Gasteiger partial charge is 0.247 e. The van der Waals surface area contributed by atoms with Gasteiger partial charge in [0.15, 0.2) is 0 Å². The number of carbonyl (C=O) groups is 1. The Balaban J connectivity index is 1.98. The van der Waals surface area contributed by atoms with Crippen molar-refractivity contribution in [1.29, 1.82) is 0 Å². The van der Waals surface area contributed by atoms with Crippen molar-refractivity contribution in [2.75, 3.05) is 6.54 Å². The van der Waals surface area contributed by atoms with Gasteiger partial charge in [-0.05, 0) is 43.5 Å². The average molecular weight is 275 g/mol. The summed E-state index contributed by atoms with van der Waals surface area (Å²) in [5.41, 5.74) is 0. The molecule has 19 heavy (non-hydrogen) atoms. The molecule has 0 radical (unpaired) electrons. The van der Waals surface area contributed by atoms with Crippen molar-refractivity contribution in [2.24, 2.45) is 0 Å². The normalized spacial score (nSPS) is 11.1. The maximum atomic E-state index is 12.1. The van der Waals surface area contributed by atoms with E-state index in [0.717, 1.165) is 5.76 Å². The summed E-state index contributed by atoms with van der Waals surface area (Å²) in [4.78, 5) is 15.1. The standard InChI is InChI=1S/C15H17NO2S/c1-3-16(11-14-5-4-10-19-14)15(17)9-8-13-7-6-12(2)18-13/h4-10H,3,11H2,1-2H3/b9-8+. The highest BCUT2D eigenvalue weighted by Gasteiger charge is 2.09. The second-order valence-corrected chi connectivity index (χ2v) is 5.25. The van der Waals surface area contributed by atoms with E-state index in [1.54, 1.807) is 28.4 Å². The number of rotatable bonds is 5. The fourth-order valence-corrected chi connectivity index (χ4v) is 2.46. The van der Waals surface area contributed by atoms with E-state index in [1.807, 2.05) is 43.5 Å². The Morgan fingerprint density at radius 3 is 2.84 bits per heavy atom. The van der Waals surface area contributed by atoms with Crippen LogP contribution in [0.2, 0.25) is 0 Å². The number of nitrogens with zero attached hydrogens (tertiary/aromatic N) is 1. The predicted molar refractivity (Wildman–Crippen MR) is 77.9 cm³/mol. The molecule has 0 unspecified atom stereocenters. The lowest BCUT2D eigenvalue weighted by Crippen LogP contribution is -2.28. The molecule has 2 aromatic heterocycles. The Bertz CT molecular complexity index is 554. The molecule has 3 nitrogen and oxygen atoms in total. The molecule has 0 N–H and O–H groups in total. The van der Waals surface area contributed by atoms with Crippen LogP contribution in [0.5, 0.6) is 0 Å². The molecular weight excluding hydrogens is 258 g/mol. The van der Waals surface area contributed by atoms with Crippen LogP contribution in [-0.2, 0) is 11.3 Å². The highest BCUT2D eigenvalue weighted by atomic mass is 32.1. The minimum absolute atomic E-state index is 0.00459. The number of aryl methyl sites for hydroxylation is 1. The van der Waals surface area contributed by atoms with E-state index in [1.165, 1.54) is 4.88 Å². The lowest BCUT2D eigenvalue weighted by atomic mass is 10.3. The molecule has 0 aliphatic carbocycles. The van der Waals surface area contributed by atoms with Crippen LogP contribution in [0, 0.1) is 6.92 Å². The SMILES string of the molecule is CCN(Cc1cccs1)C(=O)/C=C/c1ccc(C)o1. The Morgan fingerprint density at radius 1 is 1.42 bits per heavy atom. The second-order valence-electron chi connectivity index (χ2n) is 4.21. The average Bonchev–Trinajstić information content (AvgIpc) is 3.04. The summed E-state index contributed by atoms with van der Waals surface area (Å²) in [6.07, 6.45) is 3.28. The van der Waals surface area contributed by atoms with E-state index in [2.05, 4.69) is 0 Å². The summed E-state index contributed by atoms with van der Waals surface area (Å²) >= 11 is 1.67. The van der Waals surface area contributed by atoms with Crippen LogP contribution in [0.1, 0.15) is 23.3 Å². The minimum atomic E-state index is 0.00459. The van der Waals surface area contributed by atoms with Crippen molar-refractivity contribution in [3.8, 4) is 0 Å². The molecule has 2 aromatic rings. The van der Waals surface area contributed by atoms with Crippen molar-refractivity contribution in [3.05, 3.63) is 52.1 Å². The Morgan fingerprint density at radius 2 is 2.26 bits per heavy atom. The van der Waals surface area contributed by atoms with Crippen LogP contribution >= 0.6 is 11.3 Å². The third-order valence-electron chi connectivity index (χ3n) is 2.77. The van der Waals surface area contributed by atoms with Gasteiger partial charge in [0.25, 0.3) is 0 Å². The molecule has 1 amide bonds. The highest BCUT2D eigenvalue weighted by molar-refractivity contribution is 7.09. The van der Waals surface area contributed by atoms with Crippen LogP contribution < -0.4 is 0 Å². The lowest BCUT2D eigenvalue weighted by molar-refractivity contribution is -0.126. The van der Waals surface area contributed by atoms with E-state index < -0.39 is 0 Å². The number of furan rings is 1. The number of thiophene rings is 1. The summed E-state index contributed by atoms with van der Waals surface area (Å²) < 4.78 is 5.40. The minimum Gasteiger partial charge on any atom is -0.462 e. The van der Waals surface area contributed by atoms with Crippen LogP contribution in [0.3, 0.4) is 0 Å². The third kappa shape index (κ3) is 3.83. The van der Waals surface area contributed by atoms with Crippen molar-refractivity contribution in [3.63, 3.8) is 0 Å².